The van der Waals surface area contributed by atoms with Gasteiger partial charge in [-0.25, -0.2) is 0 Å². The molecule has 2 heterocycles. The number of rotatable bonds is 4. The van der Waals surface area contributed by atoms with Gasteiger partial charge in [0, 0.05) is 18.9 Å². The number of carbonyl (C=O) groups excluding carboxylic acids is 1. The Hall–Kier alpha value is -1.33. The smallest absolute Gasteiger partial charge is 0.226 e. The molecule has 1 saturated heterocycles. The van der Waals surface area contributed by atoms with Gasteiger partial charge in [0.1, 0.15) is 11.9 Å². The van der Waals surface area contributed by atoms with E-state index in [0.717, 1.165) is 12.8 Å². The number of hydrogen-bond donors (Lipinski definition) is 1. The fraction of sp³-hybridized carbons (Fsp3) is 0.737. The van der Waals surface area contributed by atoms with Gasteiger partial charge in [-0.05, 0) is 43.2 Å². The third-order valence-corrected chi connectivity index (χ3v) is 5.41. The molecule has 1 saturated carbocycles. The van der Waals surface area contributed by atoms with Gasteiger partial charge in [-0.1, -0.05) is 13.8 Å². The molecule has 0 aromatic carbocycles. The largest absolute Gasteiger partial charge is 0.467 e. The van der Waals surface area contributed by atoms with Crippen LogP contribution < -0.4 is 0 Å². The molecule has 0 spiro atoms. The van der Waals surface area contributed by atoms with Crippen LogP contribution in [0.25, 0.3) is 0 Å². The van der Waals surface area contributed by atoms with E-state index in [0.29, 0.717) is 43.8 Å². The van der Waals surface area contributed by atoms with Crippen LogP contribution in [0, 0.1) is 17.8 Å². The number of furan rings is 1. The fourth-order valence-corrected chi connectivity index (χ4v) is 4.38. The molecule has 5 nitrogen and oxygen atoms in total. The molecule has 4 atom stereocenters. The van der Waals surface area contributed by atoms with Gasteiger partial charge in [-0.3, -0.25) is 4.79 Å². The molecule has 3 rings (SSSR count). The molecule has 0 bridgehead atoms. The Labute approximate surface area is 144 Å². The van der Waals surface area contributed by atoms with Crippen molar-refractivity contribution in [2.75, 3.05) is 19.8 Å². The summed E-state index contributed by atoms with van der Waals surface area (Å²) < 4.78 is 10.9. The highest BCUT2D eigenvalue weighted by atomic mass is 16.5. The van der Waals surface area contributed by atoms with Crippen molar-refractivity contribution in [1.29, 1.82) is 0 Å². The van der Waals surface area contributed by atoms with E-state index in [1.165, 1.54) is 6.42 Å². The molecular formula is C19H29NO4. The number of ether oxygens (including phenoxy) is 1. The molecule has 1 aromatic rings. The minimum absolute atomic E-state index is 0.0844. The molecule has 24 heavy (non-hydrogen) atoms. The van der Waals surface area contributed by atoms with Gasteiger partial charge in [0.2, 0.25) is 5.91 Å². The van der Waals surface area contributed by atoms with E-state index in [-0.39, 0.29) is 17.9 Å². The van der Waals surface area contributed by atoms with Crippen LogP contribution in [0.1, 0.15) is 51.4 Å². The summed E-state index contributed by atoms with van der Waals surface area (Å²) in [7, 11) is 0. The van der Waals surface area contributed by atoms with Crippen LogP contribution in [-0.2, 0) is 9.53 Å². The average Bonchev–Trinajstić information content (AvgIpc) is 3.08. The third-order valence-electron chi connectivity index (χ3n) is 5.41. The maximum atomic E-state index is 13.1. The van der Waals surface area contributed by atoms with Crippen LogP contribution >= 0.6 is 0 Å². The quantitative estimate of drug-likeness (QED) is 0.919. The molecule has 2 aliphatic rings. The fourth-order valence-electron chi connectivity index (χ4n) is 4.38. The monoisotopic (exact) mass is 335 g/mol. The van der Waals surface area contributed by atoms with Crippen molar-refractivity contribution in [3.8, 4) is 0 Å². The van der Waals surface area contributed by atoms with Gasteiger partial charge in [0.05, 0.1) is 25.5 Å². The lowest BCUT2D eigenvalue weighted by atomic mass is 9.76. The number of aliphatic hydroxyl groups is 1. The number of amides is 1. The zero-order chi connectivity index (χ0) is 17.1. The van der Waals surface area contributed by atoms with E-state index in [9.17, 15) is 9.90 Å². The van der Waals surface area contributed by atoms with Crippen molar-refractivity contribution < 1.29 is 19.1 Å². The minimum Gasteiger partial charge on any atom is -0.467 e. The lowest BCUT2D eigenvalue weighted by molar-refractivity contribution is -0.147. The summed E-state index contributed by atoms with van der Waals surface area (Å²) >= 11 is 0. The Morgan fingerprint density at radius 2 is 2.08 bits per heavy atom. The Morgan fingerprint density at radius 3 is 2.75 bits per heavy atom. The second-order valence-corrected chi connectivity index (χ2v) is 7.64. The van der Waals surface area contributed by atoms with Crippen molar-refractivity contribution in [2.24, 2.45) is 17.8 Å². The first-order valence-corrected chi connectivity index (χ1v) is 9.14. The summed E-state index contributed by atoms with van der Waals surface area (Å²) in [5.41, 5.74) is 0. The van der Waals surface area contributed by atoms with E-state index in [4.69, 9.17) is 9.15 Å². The van der Waals surface area contributed by atoms with E-state index in [1.54, 1.807) is 18.4 Å². The van der Waals surface area contributed by atoms with Crippen LogP contribution in [0.4, 0.5) is 0 Å². The van der Waals surface area contributed by atoms with Crippen LogP contribution in [-0.4, -0.2) is 41.7 Å². The molecule has 134 valence electrons. The standard InChI is InChI=1S/C19H29NO4/c1-13-8-14(2)10-15(9-13)19(22)20-5-7-23-12-16(20)11-17(21)18-4-3-6-24-18/h3-4,6,13-17,21H,5,7-12H2,1-2H3. The Balaban J connectivity index is 1.66. The van der Waals surface area contributed by atoms with Gasteiger partial charge in [0.25, 0.3) is 0 Å². The number of carbonyl (C=O) groups is 1. The summed E-state index contributed by atoms with van der Waals surface area (Å²) in [4.78, 5) is 15.0. The van der Waals surface area contributed by atoms with E-state index in [2.05, 4.69) is 13.8 Å². The zero-order valence-electron chi connectivity index (χ0n) is 14.7. The van der Waals surface area contributed by atoms with E-state index in [1.807, 2.05) is 4.90 Å². The van der Waals surface area contributed by atoms with Crippen molar-refractivity contribution in [3.63, 3.8) is 0 Å². The summed E-state index contributed by atoms with van der Waals surface area (Å²) in [6, 6.07) is 3.45. The highest BCUT2D eigenvalue weighted by Crippen LogP contribution is 2.35. The average molecular weight is 335 g/mol. The highest BCUT2D eigenvalue weighted by molar-refractivity contribution is 5.79. The van der Waals surface area contributed by atoms with Gasteiger partial charge < -0.3 is 19.2 Å². The Kier molecular flexibility index (Phi) is 5.61. The topological polar surface area (TPSA) is 62.9 Å². The maximum absolute atomic E-state index is 13.1. The van der Waals surface area contributed by atoms with Crippen molar-refractivity contribution in [1.82, 2.24) is 4.90 Å². The molecule has 2 fully saturated rings. The van der Waals surface area contributed by atoms with E-state index >= 15 is 0 Å². The van der Waals surface area contributed by atoms with Crippen molar-refractivity contribution in [2.45, 2.75) is 51.7 Å². The molecule has 0 radical (unpaired) electrons. The molecule has 1 aromatic heterocycles. The van der Waals surface area contributed by atoms with E-state index < -0.39 is 6.10 Å². The van der Waals surface area contributed by atoms with Gasteiger partial charge in [-0.15, -0.1) is 0 Å². The molecule has 5 heteroatoms. The predicted molar refractivity (Wildman–Crippen MR) is 90.3 cm³/mol. The number of hydrogen-bond acceptors (Lipinski definition) is 4. The minimum atomic E-state index is -0.703. The summed E-state index contributed by atoms with van der Waals surface area (Å²) in [5.74, 6) is 2.12. The second-order valence-electron chi connectivity index (χ2n) is 7.64. The lowest BCUT2D eigenvalue weighted by Crippen LogP contribution is -2.52. The van der Waals surface area contributed by atoms with Crippen molar-refractivity contribution in [3.05, 3.63) is 24.2 Å². The molecule has 1 aliphatic carbocycles. The molecular weight excluding hydrogens is 306 g/mol. The van der Waals surface area contributed by atoms with Gasteiger partial charge in [-0.2, -0.15) is 0 Å². The molecule has 4 unspecified atom stereocenters. The second kappa shape index (κ2) is 7.70. The summed E-state index contributed by atoms with van der Waals surface area (Å²) in [6.07, 6.45) is 4.49. The Bertz CT molecular complexity index is 519. The first kappa shape index (κ1) is 17.5. The normalized spacial score (nSPS) is 32.5. The highest BCUT2D eigenvalue weighted by Gasteiger charge is 2.36. The van der Waals surface area contributed by atoms with Crippen LogP contribution in [0.3, 0.4) is 0 Å². The van der Waals surface area contributed by atoms with Crippen LogP contribution in [0.15, 0.2) is 22.8 Å². The molecule has 1 aliphatic heterocycles. The number of aliphatic hydroxyl groups excluding tert-OH is 1. The van der Waals surface area contributed by atoms with Crippen molar-refractivity contribution >= 4 is 5.91 Å². The van der Waals surface area contributed by atoms with Crippen LogP contribution in [0.5, 0.6) is 0 Å². The van der Waals surface area contributed by atoms with Gasteiger partial charge in [0.15, 0.2) is 0 Å². The van der Waals surface area contributed by atoms with Crippen LogP contribution in [0.2, 0.25) is 0 Å². The maximum Gasteiger partial charge on any atom is 0.226 e. The lowest BCUT2D eigenvalue weighted by Gasteiger charge is -2.40. The SMILES string of the molecule is CC1CC(C)CC(C(=O)N2CCOCC2CC(O)c2ccco2)C1. The molecule has 1 N–H and O–H groups in total. The molecule has 1 amide bonds. The van der Waals surface area contributed by atoms with Gasteiger partial charge >= 0.3 is 0 Å². The first-order chi connectivity index (χ1) is 11.5. The summed E-state index contributed by atoms with van der Waals surface area (Å²) in [5, 5.41) is 10.4. The zero-order valence-corrected chi connectivity index (χ0v) is 14.7. The summed E-state index contributed by atoms with van der Waals surface area (Å²) in [6.45, 7) is 6.17. The number of morpholine rings is 1. The Morgan fingerprint density at radius 1 is 1.33 bits per heavy atom. The first-order valence-electron chi connectivity index (χ1n) is 9.14. The predicted octanol–water partition coefficient (Wildman–Crippen LogP) is 3.00. The number of nitrogens with zero attached hydrogens (tertiary/aromatic N) is 1. The third kappa shape index (κ3) is 4.01.